The van der Waals surface area contributed by atoms with Gasteiger partial charge in [-0.05, 0) is 25.6 Å². The first-order chi connectivity index (χ1) is 8.67. The van der Waals surface area contributed by atoms with Crippen LogP contribution >= 0.6 is 11.8 Å². The van der Waals surface area contributed by atoms with Crippen molar-refractivity contribution in [3.63, 3.8) is 0 Å². The van der Waals surface area contributed by atoms with Crippen molar-refractivity contribution in [2.24, 2.45) is 5.84 Å². The zero-order chi connectivity index (χ0) is 13.0. The molecular formula is C9H13N7OS. The highest BCUT2D eigenvalue weighted by molar-refractivity contribution is 7.99. The third kappa shape index (κ3) is 3.31. The van der Waals surface area contributed by atoms with E-state index < -0.39 is 0 Å². The monoisotopic (exact) mass is 267 g/mol. The van der Waals surface area contributed by atoms with Crippen molar-refractivity contribution in [3.05, 3.63) is 12.4 Å². The fourth-order valence-electron chi connectivity index (χ4n) is 1.10. The molecule has 4 N–H and O–H groups in total. The molecule has 0 bridgehead atoms. The first-order valence-corrected chi connectivity index (χ1v) is 6.05. The van der Waals surface area contributed by atoms with E-state index in [-0.39, 0.29) is 18.1 Å². The maximum absolute atomic E-state index is 5.41. The number of hydrazine groups is 1. The number of hydrogen-bond donors (Lipinski definition) is 3. The zero-order valence-electron chi connectivity index (χ0n) is 9.91. The lowest BCUT2D eigenvalue weighted by atomic mass is 10.5. The molecule has 0 aromatic carbocycles. The second kappa shape index (κ2) is 5.65. The van der Waals surface area contributed by atoms with Crippen molar-refractivity contribution >= 4 is 17.7 Å². The van der Waals surface area contributed by atoms with Gasteiger partial charge in [0.2, 0.25) is 11.1 Å². The maximum atomic E-state index is 5.41. The van der Waals surface area contributed by atoms with Gasteiger partial charge in [-0.25, -0.2) is 10.8 Å². The summed E-state index contributed by atoms with van der Waals surface area (Å²) in [6, 6.07) is 0.224. The van der Waals surface area contributed by atoms with E-state index in [4.69, 9.17) is 10.6 Å². The number of H-pyrrole nitrogens is 1. The highest BCUT2D eigenvalue weighted by atomic mass is 32.2. The van der Waals surface area contributed by atoms with Gasteiger partial charge in [0.05, 0.1) is 6.10 Å². The Morgan fingerprint density at radius 3 is 2.83 bits per heavy atom. The highest BCUT2D eigenvalue weighted by Crippen LogP contribution is 2.23. The summed E-state index contributed by atoms with van der Waals surface area (Å²) in [6.07, 6.45) is 3.34. The molecule has 0 fully saturated rings. The summed E-state index contributed by atoms with van der Waals surface area (Å²) >= 11 is 1.26. The van der Waals surface area contributed by atoms with Crippen LogP contribution in [0, 0.1) is 0 Å². The molecule has 0 amide bonds. The van der Waals surface area contributed by atoms with E-state index >= 15 is 0 Å². The Balaban J connectivity index is 2.23. The van der Waals surface area contributed by atoms with Gasteiger partial charge in [-0.3, -0.25) is 5.43 Å². The molecule has 96 valence electrons. The van der Waals surface area contributed by atoms with Crippen molar-refractivity contribution < 1.29 is 4.74 Å². The average Bonchev–Trinajstić information content (AvgIpc) is 2.80. The van der Waals surface area contributed by atoms with Gasteiger partial charge < -0.3 is 9.72 Å². The van der Waals surface area contributed by atoms with E-state index in [1.165, 1.54) is 11.8 Å². The number of nitrogens with zero attached hydrogens (tertiary/aromatic N) is 4. The van der Waals surface area contributed by atoms with Crippen LogP contribution in [0.3, 0.4) is 0 Å². The summed E-state index contributed by atoms with van der Waals surface area (Å²) in [6.45, 7) is 3.78. The molecule has 0 radical (unpaired) electrons. The first-order valence-electron chi connectivity index (χ1n) is 5.24. The number of aromatic nitrogens is 5. The van der Waals surface area contributed by atoms with Crippen molar-refractivity contribution in [1.29, 1.82) is 0 Å². The van der Waals surface area contributed by atoms with E-state index in [1.807, 2.05) is 13.8 Å². The molecule has 0 aliphatic rings. The van der Waals surface area contributed by atoms with Crippen LogP contribution in [0.15, 0.2) is 22.7 Å². The third-order valence-corrected chi connectivity index (χ3v) is 2.51. The van der Waals surface area contributed by atoms with Crippen LogP contribution in [0.4, 0.5) is 5.95 Å². The quantitative estimate of drug-likeness (QED) is 0.538. The fraction of sp³-hybridized carbons (Fsp3) is 0.333. The predicted octanol–water partition coefficient (Wildman–Crippen LogP) is 0.819. The van der Waals surface area contributed by atoms with Crippen LogP contribution in [0.25, 0.3) is 0 Å². The molecule has 2 rings (SSSR count). The number of rotatable bonds is 5. The molecule has 2 aromatic heterocycles. The van der Waals surface area contributed by atoms with Crippen LogP contribution < -0.4 is 16.0 Å². The summed E-state index contributed by atoms with van der Waals surface area (Å²) in [5, 5.41) is 1.13. The second-order valence-corrected chi connectivity index (χ2v) is 4.49. The molecule has 2 heterocycles. The van der Waals surface area contributed by atoms with E-state index in [9.17, 15) is 0 Å². The Morgan fingerprint density at radius 1 is 1.39 bits per heavy atom. The van der Waals surface area contributed by atoms with Gasteiger partial charge in [-0.1, -0.05) is 0 Å². The largest absolute Gasteiger partial charge is 0.461 e. The average molecular weight is 267 g/mol. The van der Waals surface area contributed by atoms with Gasteiger partial charge in [0.1, 0.15) is 0 Å². The minimum absolute atomic E-state index is 0.0283. The molecule has 0 aliphatic carbocycles. The van der Waals surface area contributed by atoms with Gasteiger partial charge in [0.15, 0.2) is 5.16 Å². The van der Waals surface area contributed by atoms with Crippen LogP contribution in [-0.2, 0) is 0 Å². The summed E-state index contributed by atoms with van der Waals surface area (Å²) < 4.78 is 5.41. The molecule has 18 heavy (non-hydrogen) atoms. The SMILES string of the molecule is CC(C)Oc1nc(NN)nc(Sc2ncc[nH]2)n1. The van der Waals surface area contributed by atoms with Gasteiger partial charge in [0, 0.05) is 12.4 Å². The molecule has 9 heteroatoms. The van der Waals surface area contributed by atoms with Gasteiger partial charge in [-0.15, -0.1) is 0 Å². The Hall–Kier alpha value is -1.87. The summed E-state index contributed by atoms with van der Waals surface area (Å²) in [4.78, 5) is 19.3. The Morgan fingerprint density at radius 2 is 2.22 bits per heavy atom. The molecule has 2 aromatic rings. The van der Waals surface area contributed by atoms with Crippen LogP contribution in [-0.4, -0.2) is 31.0 Å². The predicted molar refractivity (Wildman–Crippen MR) is 66.1 cm³/mol. The van der Waals surface area contributed by atoms with E-state index in [1.54, 1.807) is 12.4 Å². The second-order valence-electron chi connectivity index (χ2n) is 3.53. The number of nitrogens with one attached hydrogen (secondary N) is 2. The smallest absolute Gasteiger partial charge is 0.322 e. The van der Waals surface area contributed by atoms with E-state index in [0.717, 1.165) is 0 Å². The van der Waals surface area contributed by atoms with Crippen LogP contribution in [0.5, 0.6) is 6.01 Å². The standard InChI is InChI=1S/C9H13N7OS/c1-5(2)17-7-13-6(16-10)14-9(15-7)18-8-11-3-4-12-8/h3-5H,10H2,1-2H3,(H,11,12)(H,13,14,15,16). The van der Waals surface area contributed by atoms with Crippen molar-refractivity contribution in [1.82, 2.24) is 24.9 Å². The minimum Gasteiger partial charge on any atom is -0.461 e. The molecule has 0 atom stereocenters. The van der Waals surface area contributed by atoms with Gasteiger partial charge >= 0.3 is 6.01 Å². The zero-order valence-corrected chi connectivity index (χ0v) is 10.7. The number of hydrogen-bond acceptors (Lipinski definition) is 8. The summed E-state index contributed by atoms with van der Waals surface area (Å²) in [5.41, 5.74) is 2.37. The molecule has 0 spiro atoms. The fourth-order valence-corrected chi connectivity index (χ4v) is 1.77. The van der Waals surface area contributed by atoms with Crippen LogP contribution in [0.1, 0.15) is 13.8 Å². The number of aromatic amines is 1. The van der Waals surface area contributed by atoms with Crippen molar-refractivity contribution in [2.75, 3.05) is 5.43 Å². The lowest BCUT2D eigenvalue weighted by molar-refractivity contribution is 0.219. The van der Waals surface area contributed by atoms with E-state index in [2.05, 4.69) is 30.3 Å². The van der Waals surface area contributed by atoms with Crippen molar-refractivity contribution in [2.45, 2.75) is 30.3 Å². The number of nitrogens with two attached hydrogens (primary N) is 1. The minimum atomic E-state index is -0.0283. The molecule has 8 nitrogen and oxygen atoms in total. The maximum Gasteiger partial charge on any atom is 0.322 e. The number of anilines is 1. The summed E-state index contributed by atoms with van der Waals surface area (Å²) in [5.74, 6) is 5.55. The number of nitrogen functional groups attached to an aromatic ring is 1. The number of ether oxygens (including phenoxy) is 1. The highest BCUT2D eigenvalue weighted by Gasteiger charge is 2.10. The summed E-state index contributed by atoms with van der Waals surface area (Å²) in [7, 11) is 0. The van der Waals surface area contributed by atoms with Crippen molar-refractivity contribution in [3.8, 4) is 6.01 Å². The Bertz CT molecular complexity index is 502. The molecule has 0 saturated heterocycles. The lowest BCUT2D eigenvalue weighted by Gasteiger charge is -2.09. The third-order valence-electron chi connectivity index (χ3n) is 1.73. The van der Waals surface area contributed by atoms with Gasteiger partial charge in [-0.2, -0.15) is 15.0 Å². The number of imidazole rings is 1. The normalized spacial score (nSPS) is 10.7. The Kier molecular flexibility index (Phi) is 3.95. The first kappa shape index (κ1) is 12.6. The van der Waals surface area contributed by atoms with E-state index in [0.29, 0.717) is 10.3 Å². The Labute approximate surface area is 108 Å². The topological polar surface area (TPSA) is 115 Å². The molecular weight excluding hydrogens is 254 g/mol. The molecule has 0 unspecified atom stereocenters. The lowest BCUT2D eigenvalue weighted by Crippen LogP contribution is -2.15. The van der Waals surface area contributed by atoms with Crippen LogP contribution in [0.2, 0.25) is 0 Å². The van der Waals surface area contributed by atoms with Gasteiger partial charge in [0.25, 0.3) is 0 Å². The molecule has 0 saturated carbocycles. The molecule has 0 aliphatic heterocycles.